The van der Waals surface area contributed by atoms with E-state index < -0.39 is 28.3 Å². The molecule has 0 saturated heterocycles. The van der Waals surface area contributed by atoms with Crippen molar-refractivity contribution < 1.29 is 22.7 Å². The number of carbonyl (C=O) groups is 2. The predicted molar refractivity (Wildman–Crippen MR) is 133 cm³/mol. The highest BCUT2D eigenvalue weighted by atomic mass is 32.2. The summed E-state index contributed by atoms with van der Waals surface area (Å²) in [6.07, 6.45) is -0.327. The molecule has 0 aliphatic heterocycles. The van der Waals surface area contributed by atoms with Crippen LogP contribution in [0.2, 0.25) is 0 Å². The number of sulfone groups is 1. The zero-order valence-electron chi connectivity index (χ0n) is 19.1. The molecule has 3 aromatic carbocycles. The molecule has 7 nitrogen and oxygen atoms in total. The molecule has 0 atom stereocenters. The van der Waals surface area contributed by atoms with Gasteiger partial charge in [0.25, 0.3) is 5.91 Å². The number of hydrogen-bond acceptors (Lipinski definition) is 5. The summed E-state index contributed by atoms with van der Waals surface area (Å²) in [4.78, 5) is 24.5. The molecule has 4 rings (SSSR count). The van der Waals surface area contributed by atoms with Crippen LogP contribution in [-0.2, 0) is 30.7 Å². The van der Waals surface area contributed by atoms with Crippen molar-refractivity contribution in [3.8, 4) is 0 Å². The van der Waals surface area contributed by atoms with Crippen LogP contribution in [0.3, 0.4) is 0 Å². The van der Waals surface area contributed by atoms with Gasteiger partial charge < -0.3 is 14.6 Å². The van der Waals surface area contributed by atoms with E-state index in [2.05, 4.69) is 22.9 Å². The van der Waals surface area contributed by atoms with Gasteiger partial charge in [-0.15, -0.1) is 0 Å². The number of hydrogen-bond donors (Lipinski definition) is 1. The van der Waals surface area contributed by atoms with Crippen molar-refractivity contribution in [2.75, 3.05) is 17.7 Å². The fourth-order valence-corrected chi connectivity index (χ4v) is 5.19. The molecule has 1 aromatic heterocycles. The lowest BCUT2D eigenvalue weighted by Crippen LogP contribution is -2.22. The van der Waals surface area contributed by atoms with E-state index in [0.717, 1.165) is 33.9 Å². The van der Waals surface area contributed by atoms with Crippen molar-refractivity contribution >= 4 is 49.2 Å². The van der Waals surface area contributed by atoms with Crippen molar-refractivity contribution in [2.24, 2.45) is 0 Å². The summed E-state index contributed by atoms with van der Waals surface area (Å²) >= 11 is 0. The molecule has 0 aliphatic rings. The minimum absolute atomic E-state index is 0.156. The number of anilines is 1. The van der Waals surface area contributed by atoms with Gasteiger partial charge in [-0.2, -0.15) is 0 Å². The molecule has 0 unspecified atom stereocenters. The van der Waals surface area contributed by atoms with E-state index in [9.17, 15) is 18.0 Å². The maximum atomic E-state index is 12.4. The summed E-state index contributed by atoms with van der Waals surface area (Å²) in [6.45, 7) is 4.28. The monoisotopic (exact) mass is 478 g/mol. The standard InChI is InChI=1S/C26H26N2O5S/c1-3-28-23-7-5-4-6-21(23)22-16-19(10-13-24(22)28)27-25(29)17-33-26(30)14-15-34(31,32)20-11-8-18(2)9-12-20/h4-13,16H,3,14-15,17H2,1-2H3,(H,27,29). The average Bonchev–Trinajstić information content (AvgIpc) is 3.15. The summed E-state index contributed by atoms with van der Waals surface area (Å²) in [6, 6.07) is 20.2. The molecule has 1 N–H and O–H groups in total. The van der Waals surface area contributed by atoms with Crippen LogP contribution < -0.4 is 5.32 Å². The van der Waals surface area contributed by atoms with Gasteiger partial charge in [0.2, 0.25) is 0 Å². The normalized spacial score (nSPS) is 11.6. The lowest BCUT2D eigenvalue weighted by molar-refractivity contribution is -0.146. The highest BCUT2D eigenvalue weighted by molar-refractivity contribution is 7.91. The first kappa shape index (κ1) is 23.5. The Morgan fingerprint density at radius 1 is 0.941 bits per heavy atom. The number of amides is 1. The highest BCUT2D eigenvalue weighted by Crippen LogP contribution is 2.30. The van der Waals surface area contributed by atoms with Gasteiger partial charge in [-0.25, -0.2) is 8.42 Å². The molecule has 0 spiro atoms. The van der Waals surface area contributed by atoms with E-state index in [1.165, 1.54) is 12.1 Å². The van der Waals surface area contributed by atoms with Crippen LogP contribution in [0.4, 0.5) is 5.69 Å². The number of aromatic nitrogens is 1. The van der Waals surface area contributed by atoms with E-state index in [1.807, 2.05) is 37.3 Å². The molecule has 0 bridgehead atoms. The Kier molecular flexibility index (Phi) is 6.70. The van der Waals surface area contributed by atoms with Crippen molar-refractivity contribution in [1.29, 1.82) is 0 Å². The number of fused-ring (bicyclic) bond motifs is 3. The zero-order chi connectivity index (χ0) is 24.3. The smallest absolute Gasteiger partial charge is 0.307 e. The first-order valence-electron chi connectivity index (χ1n) is 11.0. The molecule has 0 saturated carbocycles. The fourth-order valence-electron chi connectivity index (χ4n) is 3.97. The van der Waals surface area contributed by atoms with E-state index >= 15 is 0 Å². The number of ether oxygens (including phenoxy) is 1. The van der Waals surface area contributed by atoms with Gasteiger partial charge >= 0.3 is 5.97 Å². The summed E-state index contributed by atoms with van der Waals surface area (Å²) in [5.74, 6) is -1.62. The highest BCUT2D eigenvalue weighted by Gasteiger charge is 2.18. The molecule has 1 amide bonds. The molecule has 1 heterocycles. The predicted octanol–water partition coefficient (Wildman–Crippen LogP) is 4.47. The second-order valence-corrected chi connectivity index (χ2v) is 10.2. The van der Waals surface area contributed by atoms with Crippen LogP contribution in [0.1, 0.15) is 18.9 Å². The number of benzene rings is 3. The van der Waals surface area contributed by atoms with E-state index in [1.54, 1.807) is 18.2 Å². The maximum Gasteiger partial charge on any atom is 0.307 e. The summed E-state index contributed by atoms with van der Waals surface area (Å²) < 4.78 is 31.9. The first-order chi connectivity index (χ1) is 16.3. The summed E-state index contributed by atoms with van der Waals surface area (Å²) in [7, 11) is -3.60. The van der Waals surface area contributed by atoms with E-state index in [4.69, 9.17) is 4.74 Å². The Bertz CT molecular complexity index is 1470. The second-order valence-electron chi connectivity index (χ2n) is 8.08. The third-order valence-electron chi connectivity index (χ3n) is 5.69. The average molecular weight is 479 g/mol. The van der Waals surface area contributed by atoms with Crippen LogP contribution in [0.15, 0.2) is 71.6 Å². The Morgan fingerprint density at radius 2 is 1.65 bits per heavy atom. The maximum absolute atomic E-state index is 12.4. The van der Waals surface area contributed by atoms with Gasteiger partial charge in [0, 0.05) is 34.0 Å². The van der Waals surface area contributed by atoms with Crippen molar-refractivity contribution in [3.63, 3.8) is 0 Å². The first-order valence-corrected chi connectivity index (χ1v) is 12.7. The fraction of sp³-hybridized carbons (Fsp3) is 0.231. The number of esters is 1. The Balaban J connectivity index is 1.35. The molecular formula is C26H26N2O5S. The van der Waals surface area contributed by atoms with Gasteiger partial charge in [-0.1, -0.05) is 35.9 Å². The van der Waals surface area contributed by atoms with Gasteiger partial charge in [-0.05, 0) is 50.2 Å². The van der Waals surface area contributed by atoms with Crippen LogP contribution >= 0.6 is 0 Å². The number of nitrogens with zero attached hydrogens (tertiary/aromatic N) is 1. The number of rotatable bonds is 8. The minimum atomic E-state index is -3.60. The number of para-hydroxylation sites is 1. The summed E-state index contributed by atoms with van der Waals surface area (Å²) in [5, 5.41) is 4.86. The number of aryl methyl sites for hydroxylation is 2. The topological polar surface area (TPSA) is 94.5 Å². The summed E-state index contributed by atoms with van der Waals surface area (Å²) in [5.41, 5.74) is 3.73. The van der Waals surface area contributed by atoms with E-state index in [0.29, 0.717) is 5.69 Å². The van der Waals surface area contributed by atoms with E-state index in [-0.39, 0.29) is 17.1 Å². The van der Waals surface area contributed by atoms with Crippen LogP contribution in [0.5, 0.6) is 0 Å². The van der Waals surface area contributed by atoms with Gasteiger partial charge in [0.05, 0.1) is 17.1 Å². The minimum Gasteiger partial charge on any atom is -0.456 e. The van der Waals surface area contributed by atoms with Gasteiger partial charge in [0.15, 0.2) is 16.4 Å². The lowest BCUT2D eigenvalue weighted by atomic mass is 10.1. The lowest BCUT2D eigenvalue weighted by Gasteiger charge is -2.08. The van der Waals surface area contributed by atoms with Crippen LogP contribution in [-0.4, -0.2) is 37.2 Å². The Hall–Kier alpha value is -3.65. The molecular weight excluding hydrogens is 452 g/mol. The molecule has 0 radical (unpaired) electrons. The molecule has 176 valence electrons. The number of nitrogens with one attached hydrogen (secondary N) is 1. The van der Waals surface area contributed by atoms with Crippen LogP contribution in [0.25, 0.3) is 21.8 Å². The zero-order valence-corrected chi connectivity index (χ0v) is 19.9. The molecule has 34 heavy (non-hydrogen) atoms. The molecule has 4 aromatic rings. The number of carbonyl (C=O) groups excluding carboxylic acids is 2. The van der Waals surface area contributed by atoms with Gasteiger partial charge in [-0.3, -0.25) is 9.59 Å². The largest absolute Gasteiger partial charge is 0.456 e. The quantitative estimate of drug-likeness (QED) is 0.377. The van der Waals surface area contributed by atoms with Crippen molar-refractivity contribution in [2.45, 2.75) is 31.7 Å². The third kappa shape index (κ3) is 4.97. The van der Waals surface area contributed by atoms with Gasteiger partial charge in [0.1, 0.15) is 0 Å². The molecule has 8 heteroatoms. The van der Waals surface area contributed by atoms with Crippen molar-refractivity contribution in [3.05, 3.63) is 72.3 Å². The second kappa shape index (κ2) is 9.69. The molecule has 0 aliphatic carbocycles. The SMILES string of the molecule is CCn1c2ccccc2c2cc(NC(=O)COC(=O)CCS(=O)(=O)c3ccc(C)cc3)ccc21. The Morgan fingerprint density at radius 3 is 2.38 bits per heavy atom. The molecule has 0 fully saturated rings. The van der Waals surface area contributed by atoms with Crippen LogP contribution in [0, 0.1) is 6.92 Å². The third-order valence-corrected chi connectivity index (χ3v) is 7.42. The van der Waals surface area contributed by atoms with Crippen molar-refractivity contribution in [1.82, 2.24) is 4.57 Å². The Labute approximate surface area is 198 Å².